The van der Waals surface area contributed by atoms with Crippen molar-refractivity contribution in [3.8, 4) is 0 Å². The molecule has 0 aliphatic rings. The molecule has 1 heterocycles. The minimum atomic E-state index is -1.000. The number of aliphatic carboxylic acids is 1. The summed E-state index contributed by atoms with van der Waals surface area (Å²) in [5.74, 6) is -1.000. The third kappa shape index (κ3) is 5.85. The number of alkyl carbamates (subject to hydrolysis) is 1. The molecular weight excluding hydrogens is 274 g/mol. The fourth-order valence-corrected chi connectivity index (χ4v) is 1.90. The molecule has 1 amide bonds. The van der Waals surface area contributed by atoms with Gasteiger partial charge >= 0.3 is 12.1 Å². The number of ether oxygens (including phenoxy) is 1. The van der Waals surface area contributed by atoms with E-state index in [1.807, 2.05) is 11.5 Å². The second-order valence-electron chi connectivity index (χ2n) is 5.81. The Morgan fingerprint density at radius 3 is 2.67 bits per heavy atom. The van der Waals surface area contributed by atoms with Gasteiger partial charge in [-0.3, -0.25) is 4.79 Å². The number of carboxylic acids is 1. The Kier molecular flexibility index (Phi) is 5.75. The van der Waals surface area contributed by atoms with Gasteiger partial charge in [-0.25, -0.2) is 9.78 Å². The van der Waals surface area contributed by atoms with Gasteiger partial charge in [0.05, 0.1) is 30.7 Å². The summed E-state index contributed by atoms with van der Waals surface area (Å²) >= 11 is 0. The summed E-state index contributed by atoms with van der Waals surface area (Å²) in [6.45, 7) is 7.97. The van der Waals surface area contributed by atoms with E-state index in [0.717, 1.165) is 6.42 Å². The molecule has 1 atom stereocenters. The number of carboxylic acid groups (broad SMARTS) is 1. The number of nitrogens with one attached hydrogen (secondary N) is 1. The Hall–Kier alpha value is -2.05. The van der Waals surface area contributed by atoms with E-state index in [4.69, 9.17) is 9.84 Å². The van der Waals surface area contributed by atoms with Crippen LogP contribution < -0.4 is 5.32 Å². The van der Waals surface area contributed by atoms with E-state index in [0.29, 0.717) is 12.2 Å². The fourth-order valence-electron chi connectivity index (χ4n) is 1.90. The van der Waals surface area contributed by atoms with E-state index >= 15 is 0 Å². The third-order valence-corrected chi connectivity index (χ3v) is 2.64. The molecule has 0 fully saturated rings. The molecule has 2 N–H and O–H groups in total. The summed E-state index contributed by atoms with van der Waals surface area (Å²) in [4.78, 5) is 26.9. The minimum absolute atomic E-state index is 0.228. The van der Waals surface area contributed by atoms with Gasteiger partial charge in [-0.05, 0) is 27.2 Å². The molecule has 7 nitrogen and oxygen atoms in total. The number of carbonyl (C=O) groups excluding carboxylic acids is 1. The lowest BCUT2D eigenvalue weighted by molar-refractivity contribution is -0.137. The van der Waals surface area contributed by atoms with Gasteiger partial charge in [0.25, 0.3) is 0 Å². The van der Waals surface area contributed by atoms with Gasteiger partial charge in [0.15, 0.2) is 0 Å². The van der Waals surface area contributed by atoms with Gasteiger partial charge in [-0.15, -0.1) is 0 Å². The Bertz CT molecular complexity index is 491. The smallest absolute Gasteiger partial charge is 0.408 e. The number of rotatable bonds is 6. The molecular formula is C14H23N3O4. The van der Waals surface area contributed by atoms with Gasteiger partial charge in [-0.1, -0.05) is 6.92 Å². The largest absolute Gasteiger partial charge is 0.481 e. The van der Waals surface area contributed by atoms with E-state index in [-0.39, 0.29) is 6.42 Å². The Labute approximate surface area is 124 Å². The molecule has 1 unspecified atom stereocenters. The quantitative estimate of drug-likeness (QED) is 0.840. The molecule has 1 aromatic rings. The molecule has 7 heteroatoms. The normalized spacial score (nSPS) is 12.8. The summed E-state index contributed by atoms with van der Waals surface area (Å²) in [7, 11) is 0. The van der Waals surface area contributed by atoms with Crippen molar-refractivity contribution in [2.45, 2.75) is 58.7 Å². The maximum Gasteiger partial charge on any atom is 0.408 e. The van der Waals surface area contributed by atoms with Crippen LogP contribution in [-0.2, 0) is 16.1 Å². The van der Waals surface area contributed by atoms with Gasteiger partial charge in [-0.2, -0.15) is 0 Å². The van der Waals surface area contributed by atoms with E-state index in [2.05, 4.69) is 10.3 Å². The Morgan fingerprint density at radius 2 is 2.14 bits per heavy atom. The Balaban J connectivity index is 2.87. The SMILES string of the molecule is CCCn1cncc1C(CC(=O)O)NC(=O)OC(C)(C)C. The number of hydrogen-bond acceptors (Lipinski definition) is 4. The first kappa shape index (κ1) is 17.0. The van der Waals surface area contributed by atoms with E-state index in [1.165, 1.54) is 0 Å². The highest BCUT2D eigenvalue weighted by Gasteiger charge is 2.24. The van der Waals surface area contributed by atoms with E-state index in [1.54, 1.807) is 33.3 Å². The lowest BCUT2D eigenvalue weighted by atomic mass is 10.1. The predicted octanol–water partition coefficient (Wildman–Crippen LogP) is 2.33. The van der Waals surface area contributed by atoms with Crippen molar-refractivity contribution in [2.75, 3.05) is 0 Å². The molecule has 1 rings (SSSR count). The number of nitrogens with zero attached hydrogens (tertiary/aromatic N) is 2. The van der Waals surface area contributed by atoms with Crippen LogP contribution in [0.1, 0.15) is 52.3 Å². The highest BCUT2D eigenvalue weighted by molar-refractivity contribution is 5.72. The highest BCUT2D eigenvalue weighted by atomic mass is 16.6. The zero-order chi connectivity index (χ0) is 16.0. The molecule has 0 saturated heterocycles. The lowest BCUT2D eigenvalue weighted by Crippen LogP contribution is -2.36. The van der Waals surface area contributed by atoms with Crippen LogP contribution in [0.3, 0.4) is 0 Å². The topological polar surface area (TPSA) is 93.5 Å². The van der Waals surface area contributed by atoms with Gasteiger partial charge < -0.3 is 19.7 Å². The number of amides is 1. The van der Waals surface area contributed by atoms with Crippen LogP contribution in [0.25, 0.3) is 0 Å². The highest BCUT2D eigenvalue weighted by Crippen LogP contribution is 2.18. The molecule has 0 aliphatic carbocycles. The Morgan fingerprint density at radius 1 is 1.48 bits per heavy atom. The molecule has 0 aromatic carbocycles. The van der Waals surface area contributed by atoms with Crippen LogP contribution >= 0.6 is 0 Å². The van der Waals surface area contributed by atoms with Crippen molar-refractivity contribution in [3.63, 3.8) is 0 Å². The number of carbonyl (C=O) groups is 2. The van der Waals surface area contributed by atoms with E-state index in [9.17, 15) is 9.59 Å². The third-order valence-electron chi connectivity index (χ3n) is 2.64. The van der Waals surface area contributed by atoms with E-state index < -0.39 is 23.7 Å². The van der Waals surface area contributed by atoms with Crippen LogP contribution in [0.2, 0.25) is 0 Å². The first-order valence-corrected chi connectivity index (χ1v) is 6.94. The molecule has 21 heavy (non-hydrogen) atoms. The molecule has 0 aliphatic heterocycles. The average Bonchev–Trinajstić information content (AvgIpc) is 2.73. The molecule has 0 bridgehead atoms. The van der Waals surface area contributed by atoms with Gasteiger partial charge in [0.1, 0.15) is 5.60 Å². The summed E-state index contributed by atoms with van der Waals surface area (Å²) in [6, 6.07) is -0.675. The number of imidazole rings is 1. The fraction of sp³-hybridized carbons (Fsp3) is 0.643. The van der Waals surface area contributed by atoms with Crippen LogP contribution in [0, 0.1) is 0 Å². The molecule has 0 radical (unpaired) electrons. The van der Waals surface area contributed by atoms with Crippen molar-refractivity contribution < 1.29 is 19.4 Å². The minimum Gasteiger partial charge on any atom is -0.481 e. The van der Waals surface area contributed by atoms with Crippen molar-refractivity contribution in [1.29, 1.82) is 0 Å². The average molecular weight is 297 g/mol. The zero-order valence-electron chi connectivity index (χ0n) is 12.9. The summed E-state index contributed by atoms with van der Waals surface area (Å²) in [6.07, 6.45) is 3.22. The van der Waals surface area contributed by atoms with Gasteiger partial charge in [0, 0.05) is 6.54 Å². The standard InChI is InChI=1S/C14H23N3O4/c1-5-6-17-9-15-8-11(17)10(7-12(18)19)16-13(20)21-14(2,3)4/h8-10H,5-7H2,1-4H3,(H,16,20)(H,18,19). The van der Waals surface area contributed by atoms with Crippen LogP contribution in [0.15, 0.2) is 12.5 Å². The molecule has 1 aromatic heterocycles. The van der Waals surface area contributed by atoms with Crippen molar-refractivity contribution in [3.05, 3.63) is 18.2 Å². The summed E-state index contributed by atoms with van der Waals surface area (Å²) < 4.78 is 7.01. The second-order valence-corrected chi connectivity index (χ2v) is 5.81. The molecule has 0 spiro atoms. The number of hydrogen-bond donors (Lipinski definition) is 2. The lowest BCUT2D eigenvalue weighted by Gasteiger charge is -2.23. The van der Waals surface area contributed by atoms with Crippen molar-refractivity contribution in [2.24, 2.45) is 0 Å². The van der Waals surface area contributed by atoms with Crippen molar-refractivity contribution >= 4 is 12.1 Å². The first-order valence-electron chi connectivity index (χ1n) is 6.94. The van der Waals surface area contributed by atoms with Gasteiger partial charge in [0.2, 0.25) is 0 Å². The summed E-state index contributed by atoms with van der Waals surface area (Å²) in [5.41, 5.74) is 0.0201. The number of aromatic nitrogens is 2. The number of aryl methyl sites for hydroxylation is 1. The van der Waals surface area contributed by atoms with Crippen LogP contribution in [0.4, 0.5) is 4.79 Å². The maximum atomic E-state index is 11.9. The molecule has 118 valence electrons. The second kappa shape index (κ2) is 7.10. The monoisotopic (exact) mass is 297 g/mol. The zero-order valence-corrected chi connectivity index (χ0v) is 12.9. The van der Waals surface area contributed by atoms with Crippen LogP contribution in [-0.4, -0.2) is 32.3 Å². The van der Waals surface area contributed by atoms with Crippen LogP contribution in [0.5, 0.6) is 0 Å². The molecule has 0 saturated carbocycles. The maximum absolute atomic E-state index is 11.9. The first-order chi connectivity index (χ1) is 9.73. The summed E-state index contributed by atoms with van der Waals surface area (Å²) in [5, 5.41) is 11.6. The van der Waals surface area contributed by atoms with Crippen molar-refractivity contribution in [1.82, 2.24) is 14.9 Å². The predicted molar refractivity (Wildman–Crippen MR) is 76.9 cm³/mol.